The molecule has 0 fully saturated rings. The van der Waals surface area contributed by atoms with E-state index >= 15 is 0 Å². The molecule has 1 rings (SSSR count). The second kappa shape index (κ2) is 4.55. The maximum atomic E-state index is 11.2. The lowest BCUT2D eigenvalue weighted by molar-refractivity contribution is -0.124. The second-order valence-corrected chi connectivity index (χ2v) is 3.05. The van der Waals surface area contributed by atoms with Crippen molar-refractivity contribution in [3.8, 4) is 0 Å². The van der Waals surface area contributed by atoms with Crippen molar-refractivity contribution < 1.29 is 9.59 Å². The SMILES string of the molecule is CCc1cn[nH]c1NC(=O)CC(C)=O. The first-order chi connectivity index (χ1) is 6.63. The van der Waals surface area contributed by atoms with E-state index in [9.17, 15) is 9.59 Å². The summed E-state index contributed by atoms with van der Waals surface area (Å²) in [5.74, 6) is 0.121. The molecule has 0 radical (unpaired) electrons. The lowest BCUT2D eigenvalue weighted by atomic mass is 10.2. The topological polar surface area (TPSA) is 74.8 Å². The molecule has 2 N–H and O–H groups in total. The van der Waals surface area contributed by atoms with Crippen LogP contribution in [0.1, 0.15) is 25.8 Å². The summed E-state index contributed by atoms with van der Waals surface area (Å²) in [6, 6.07) is 0. The Hall–Kier alpha value is -1.65. The number of amides is 1. The molecule has 0 aliphatic heterocycles. The van der Waals surface area contributed by atoms with Gasteiger partial charge in [0.25, 0.3) is 0 Å². The van der Waals surface area contributed by atoms with Gasteiger partial charge < -0.3 is 5.32 Å². The Morgan fingerprint density at radius 2 is 2.29 bits per heavy atom. The average molecular weight is 195 g/mol. The van der Waals surface area contributed by atoms with E-state index in [0.29, 0.717) is 5.82 Å². The van der Waals surface area contributed by atoms with Crippen LogP contribution in [-0.2, 0) is 16.0 Å². The molecule has 5 heteroatoms. The first kappa shape index (κ1) is 10.4. The molecule has 5 nitrogen and oxygen atoms in total. The Kier molecular flexibility index (Phi) is 3.39. The summed E-state index contributed by atoms with van der Waals surface area (Å²) in [4.78, 5) is 21.9. The van der Waals surface area contributed by atoms with Gasteiger partial charge in [-0.05, 0) is 13.3 Å². The first-order valence-electron chi connectivity index (χ1n) is 4.45. The average Bonchev–Trinajstić information content (AvgIpc) is 2.50. The predicted molar refractivity (Wildman–Crippen MR) is 51.9 cm³/mol. The number of rotatable bonds is 4. The molecule has 0 aliphatic rings. The number of carbonyl (C=O) groups is 2. The molecule has 14 heavy (non-hydrogen) atoms. The van der Waals surface area contributed by atoms with Gasteiger partial charge >= 0.3 is 0 Å². The Morgan fingerprint density at radius 1 is 1.57 bits per heavy atom. The molecule has 1 aromatic heterocycles. The normalized spacial score (nSPS) is 9.86. The highest BCUT2D eigenvalue weighted by molar-refractivity contribution is 6.03. The summed E-state index contributed by atoms with van der Waals surface area (Å²) in [6.07, 6.45) is 2.34. The maximum absolute atomic E-state index is 11.2. The van der Waals surface area contributed by atoms with E-state index < -0.39 is 0 Å². The van der Waals surface area contributed by atoms with E-state index in [1.165, 1.54) is 6.92 Å². The van der Waals surface area contributed by atoms with E-state index in [1.54, 1.807) is 6.20 Å². The van der Waals surface area contributed by atoms with Crippen molar-refractivity contribution >= 4 is 17.5 Å². The van der Waals surface area contributed by atoms with Gasteiger partial charge in [-0.3, -0.25) is 14.7 Å². The lowest BCUT2D eigenvalue weighted by Gasteiger charge is -2.02. The Balaban J connectivity index is 2.60. The molecule has 0 aliphatic carbocycles. The number of aromatic nitrogens is 2. The van der Waals surface area contributed by atoms with Gasteiger partial charge in [0.05, 0.1) is 12.6 Å². The van der Waals surface area contributed by atoms with Crippen LogP contribution in [-0.4, -0.2) is 21.9 Å². The molecule has 1 heterocycles. The molecule has 0 unspecified atom stereocenters. The van der Waals surface area contributed by atoms with Gasteiger partial charge in [-0.15, -0.1) is 0 Å². The summed E-state index contributed by atoms with van der Waals surface area (Å²) in [5, 5.41) is 9.06. The van der Waals surface area contributed by atoms with E-state index in [4.69, 9.17) is 0 Å². The highest BCUT2D eigenvalue weighted by atomic mass is 16.2. The van der Waals surface area contributed by atoms with Crippen LogP contribution in [0, 0.1) is 0 Å². The number of ketones is 1. The lowest BCUT2D eigenvalue weighted by Crippen LogP contribution is -2.15. The monoisotopic (exact) mass is 195 g/mol. The predicted octanol–water partition coefficient (Wildman–Crippen LogP) is 0.890. The fourth-order valence-corrected chi connectivity index (χ4v) is 1.10. The molecule has 0 saturated heterocycles. The molecule has 0 saturated carbocycles. The zero-order chi connectivity index (χ0) is 10.6. The third kappa shape index (κ3) is 2.69. The van der Waals surface area contributed by atoms with Crippen molar-refractivity contribution in [3.05, 3.63) is 11.8 Å². The van der Waals surface area contributed by atoms with Crippen LogP contribution in [0.4, 0.5) is 5.82 Å². The van der Waals surface area contributed by atoms with E-state index in [2.05, 4.69) is 15.5 Å². The summed E-state index contributed by atoms with van der Waals surface area (Å²) >= 11 is 0. The van der Waals surface area contributed by atoms with Crippen LogP contribution in [0.2, 0.25) is 0 Å². The molecule has 0 aromatic carbocycles. The number of anilines is 1. The molecular weight excluding hydrogens is 182 g/mol. The van der Waals surface area contributed by atoms with Crippen LogP contribution in [0.15, 0.2) is 6.20 Å². The van der Waals surface area contributed by atoms with E-state index in [0.717, 1.165) is 12.0 Å². The smallest absolute Gasteiger partial charge is 0.232 e. The largest absolute Gasteiger partial charge is 0.310 e. The summed E-state index contributed by atoms with van der Waals surface area (Å²) in [6.45, 7) is 3.35. The van der Waals surface area contributed by atoms with Gasteiger partial charge in [-0.25, -0.2) is 0 Å². The standard InChI is InChI=1S/C9H13N3O2/c1-3-7-5-10-12-9(7)11-8(14)4-6(2)13/h5H,3-4H2,1-2H3,(H2,10,11,12,14). The van der Waals surface area contributed by atoms with Gasteiger partial charge in [0.15, 0.2) is 0 Å². The Labute approximate surface area is 81.9 Å². The summed E-state index contributed by atoms with van der Waals surface area (Å²) in [7, 11) is 0. The number of hydrogen-bond acceptors (Lipinski definition) is 3. The second-order valence-electron chi connectivity index (χ2n) is 3.05. The minimum atomic E-state index is -0.309. The maximum Gasteiger partial charge on any atom is 0.232 e. The van der Waals surface area contributed by atoms with Gasteiger partial charge in [-0.1, -0.05) is 6.92 Å². The molecule has 1 amide bonds. The third-order valence-corrected chi connectivity index (χ3v) is 1.77. The zero-order valence-corrected chi connectivity index (χ0v) is 8.26. The fourth-order valence-electron chi connectivity index (χ4n) is 1.10. The quantitative estimate of drug-likeness (QED) is 0.700. The molecule has 0 atom stereocenters. The van der Waals surface area contributed by atoms with Crippen LogP contribution in [0.3, 0.4) is 0 Å². The zero-order valence-electron chi connectivity index (χ0n) is 8.26. The van der Waals surface area contributed by atoms with Crippen LogP contribution in [0.25, 0.3) is 0 Å². The number of aromatic amines is 1. The number of aryl methyl sites for hydroxylation is 1. The van der Waals surface area contributed by atoms with Crippen molar-refractivity contribution in [2.75, 3.05) is 5.32 Å². The van der Waals surface area contributed by atoms with Gasteiger partial charge in [0, 0.05) is 5.56 Å². The van der Waals surface area contributed by atoms with Crippen molar-refractivity contribution in [1.82, 2.24) is 10.2 Å². The van der Waals surface area contributed by atoms with Crippen LogP contribution in [0.5, 0.6) is 0 Å². The number of carbonyl (C=O) groups excluding carboxylic acids is 2. The van der Waals surface area contributed by atoms with Crippen molar-refractivity contribution in [3.63, 3.8) is 0 Å². The van der Waals surface area contributed by atoms with E-state index in [1.807, 2.05) is 6.92 Å². The molecule has 76 valence electrons. The van der Waals surface area contributed by atoms with Crippen molar-refractivity contribution in [2.24, 2.45) is 0 Å². The van der Waals surface area contributed by atoms with E-state index in [-0.39, 0.29) is 18.1 Å². The number of H-pyrrole nitrogens is 1. The van der Waals surface area contributed by atoms with Crippen LogP contribution < -0.4 is 5.32 Å². The summed E-state index contributed by atoms with van der Waals surface area (Å²) in [5.41, 5.74) is 0.932. The fraction of sp³-hybridized carbons (Fsp3) is 0.444. The van der Waals surface area contributed by atoms with Gasteiger partial charge in [-0.2, -0.15) is 5.10 Å². The van der Waals surface area contributed by atoms with Crippen LogP contribution >= 0.6 is 0 Å². The Morgan fingerprint density at radius 3 is 2.86 bits per heavy atom. The molecular formula is C9H13N3O2. The highest BCUT2D eigenvalue weighted by Crippen LogP contribution is 2.11. The number of nitrogens with zero attached hydrogens (tertiary/aromatic N) is 1. The minimum absolute atomic E-state index is 0.0951. The number of hydrogen-bond donors (Lipinski definition) is 2. The van der Waals surface area contributed by atoms with Gasteiger partial charge in [0.1, 0.15) is 11.6 Å². The number of Topliss-reactive ketones (excluding diaryl/α,β-unsaturated/α-hetero) is 1. The summed E-state index contributed by atoms with van der Waals surface area (Å²) < 4.78 is 0. The Bertz CT molecular complexity index is 344. The van der Waals surface area contributed by atoms with Crippen molar-refractivity contribution in [1.29, 1.82) is 0 Å². The molecule has 1 aromatic rings. The first-order valence-corrected chi connectivity index (χ1v) is 4.45. The highest BCUT2D eigenvalue weighted by Gasteiger charge is 2.09. The molecule has 0 bridgehead atoms. The number of nitrogens with one attached hydrogen (secondary N) is 2. The minimum Gasteiger partial charge on any atom is -0.310 e. The van der Waals surface area contributed by atoms with Gasteiger partial charge in [0.2, 0.25) is 5.91 Å². The third-order valence-electron chi connectivity index (χ3n) is 1.77. The van der Waals surface area contributed by atoms with Crippen molar-refractivity contribution in [2.45, 2.75) is 26.7 Å². The molecule has 0 spiro atoms.